The van der Waals surface area contributed by atoms with E-state index in [0.29, 0.717) is 6.61 Å². The molecule has 0 fully saturated rings. The summed E-state index contributed by atoms with van der Waals surface area (Å²) in [6.45, 7) is 3.63. The number of rotatable bonds is 5. The molecule has 0 saturated carbocycles. The summed E-state index contributed by atoms with van der Waals surface area (Å²) in [6, 6.07) is 5.91. The lowest BCUT2D eigenvalue weighted by molar-refractivity contribution is 0.118. The predicted octanol–water partition coefficient (Wildman–Crippen LogP) is 3.35. The minimum Gasteiger partial charge on any atom is -0.398 e. The van der Waals surface area contributed by atoms with E-state index in [4.69, 9.17) is 10.5 Å². The molecule has 2 N–H and O–H groups in total. The van der Waals surface area contributed by atoms with E-state index in [-0.39, 0.29) is 0 Å². The molecular weight excluding hydrogens is 242 g/mol. The maximum atomic E-state index is 5.75. The molecule has 0 aliphatic carbocycles. The Morgan fingerprint density at radius 1 is 1.43 bits per heavy atom. The number of benzene rings is 1. The summed E-state index contributed by atoms with van der Waals surface area (Å²) in [5.41, 5.74) is 7.64. The fraction of sp³-hybridized carbons (Fsp3) is 0.455. The zero-order valence-corrected chi connectivity index (χ0v) is 10.0. The first-order valence-corrected chi connectivity index (χ1v) is 5.65. The molecule has 0 aliphatic rings. The first-order valence-electron chi connectivity index (χ1n) is 4.85. The van der Waals surface area contributed by atoms with E-state index in [9.17, 15) is 0 Å². The molecule has 0 amide bonds. The second kappa shape index (κ2) is 6.04. The van der Waals surface area contributed by atoms with E-state index in [2.05, 4.69) is 22.9 Å². The van der Waals surface area contributed by atoms with Crippen LogP contribution in [0.3, 0.4) is 0 Å². The smallest absolute Gasteiger partial charge is 0.0717 e. The fourth-order valence-corrected chi connectivity index (χ4v) is 1.37. The molecule has 0 aliphatic heterocycles. The Hall–Kier alpha value is -0.540. The van der Waals surface area contributed by atoms with Crippen LogP contribution in [0.15, 0.2) is 22.7 Å². The topological polar surface area (TPSA) is 35.2 Å². The molecule has 0 radical (unpaired) electrons. The Balaban J connectivity index is 2.39. The Morgan fingerprint density at radius 3 is 2.86 bits per heavy atom. The molecule has 0 unspecified atom stereocenters. The van der Waals surface area contributed by atoms with E-state index in [1.54, 1.807) is 0 Å². The summed E-state index contributed by atoms with van der Waals surface area (Å²) >= 11 is 3.36. The van der Waals surface area contributed by atoms with Crippen molar-refractivity contribution in [1.29, 1.82) is 0 Å². The number of halogens is 1. The quantitative estimate of drug-likeness (QED) is 0.649. The van der Waals surface area contributed by atoms with Crippen LogP contribution in [0.2, 0.25) is 0 Å². The first-order chi connectivity index (χ1) is 6.74. The molecular formula is C11H16BrNO. The molecule has 78 valence electrons. The molecule has 0 saturated heterocycles. The van der Waals surface area contributed by atoms with Gasteiger partial charge in [-0.1, -0.05) is 19.4 Å². The molecule has 1 aromatic carbocycles. The van der Waals surface area contributed by atoms with Gasteiger partial charge >= 0.3 is 0 Å². The van der Waals surface area contributed by atoms with Gasteiger partial charge in [-0.3, -0.25) is 0 Å². The number of nitrogen functional groups attached to an aromatic ring is 1. The van der Waals surface area contributed by atoms with Crippen LogP contribution in [0.25, 0.3) is 0 Å². The van der Waals surface area contributed by atoms with Gasteiger partial charge in [0.2, 0.25) is 0 Å². The molecule has 0 spiro atoms. The lowest BCUT2D eigenvalue weighted by atomic mass is 10.2. The summed E-state index contributed by atoms with van der Waals surface area (Å²) in [5.74, 6) is 0. The van der Waals surface area contributed by atoms with Crippen molar-refractivity contribution in [2.24, 2.45) is 0 Å². The standard InChI is InChI=1S/C11H16BrNO/c1-2-3-6-14-8-9-4-5-10(12)11(13)7-9/h4-5,7H,2-3,6,8,13H2,1H3. The van der Waals surface area contributed by atoms with Gasteiger partial charge in [-0.15, -0.1) is 0 Å². The van der Waals surface area contributed by atoms with E-state index >= 15 is 0 Å². The molecule has 1 aromatic rings. The highest BCUT2D eigenvalue weighted by Crippen LogP contribution is 2.20. The predicted molar refractivity (Wildman–Crippen MR) is 63.1 cm³/mol. The molecule has 0 aromatic heterocycles. The molecule has 0 atom stereocenters. The number of hydrogen-bond acceptors (Lipinski definition) is 2. The number of anilines is 1. The van der Waals surface area contributed by atoms with E-state index in [0.717, 1.165) is 28.8 Å². The average molecular weight is 258 g/mol. The maximum Gasteiger partial charge on any atom is 0.0717 e. The van der Waals surface area contributed by atoms with Crippen molar-refractivity contribution >= 4 is 21.6 Å². The van der Waals surface area contributed by atoms with Crippen LogP contribution in [0.1, 0.15) is 25.3 Å². The molecule has 14 heavy (non-hydrogen) atoms. The third-order valence-corrected chi connectivity index (χ3v) is 2.69. The number of hydrogen-bond donors (Lipinski definition) is 1. The van der Waals surface area contributed by atoms with Crippen LogP contribution >= 0.6 is 15.9 Å². The van der Waals surface area contributed by atoms with Gasteiger partial charge in [-0.05, 0) is 40.0 Å². The zero-order chi connectivity index (χ0) is 10.4. The largest absolute Gasteiger partial charge is 0.398 e. The summed E-state index contributed by atoms with van der Waals surface area (Å²) in [5, 5.41) is 0. The van der Waals surface area contributed by atoms with Crippen LogP contribution in [0, 0.1) is 0 Å². The second-order valence-electron chi connectivity index (χ2n) is 3.26. The van der Waals surface area contributed by atoms with Crippen molar-refractivity contribution < 1.29 is 4.74 Å². The van der Waals surface area contributed by atoms with Crippen molar-refractivity contribution in [3.05, 3.63) is 28.2 Å². The lowest BCUT2D eigenvalue weighted by Crippen LogP contribution is -1.96. The van der Waals surface area contributed by atoms with Gasteiger partial charge in [0, 0.05) is 16.8 Å². The normalized spacial score (nSPS) is 10.4. The van der Waals surface area contributed by atoms with Gasteiger partial charge in [0.15, 0.2) is 0 Å². The van der Waals surface area contributed by atoms with Crippen LogP contribution in [0.4, 0.5) is 5.69 Å². The summed E-state index contributed by atoms with van der Waals surface area (Å²) in [7, 11) is 0. The van der Waals surface area contributed by atoms with Crippen molar-refractivity contribution in [1.82, 2.24) is 0 Å². The van der Waals surface area contributed by atoms with Gasteiger partial charge in [0.1, 0.15) is 0 Å². The van der Waals surface area contributed by atoms with E-state index in [1.807, 2.05) is 18.2 Å². The summed E-state index contributed by atoms with van der Waals surface area (Å²) in [4.78, 5) is 0. The van der Waals surface area contributed by atoms with Crippen molar-refractivity contribution in [3.8, 4) is 0 Å². The molecule has 2 nitrogen and oxygen atoms in total. The van der Waals surface area contributed by atoms with Gasteiger partial charge in [-0.2, -0.15) is 0 Å². The zero-order valence-electron chi connectivity index (χ0n) is 8.42. The molecule has 0 heterocycles. The highest BCUT2D eigenvalue weighted by atomic mass is 79.9. The van der Waals surface area contributed by atoms with E-state index in [1.165, 1.54) is 6.42 Å². The van der Waals surface area contributed by atoms with E-state index < -0.39 is 0 Å². The third kappa shape index (κ3) is 3.68. The average Bonchev–Trinajstić information content (AvgIpc) is 2.18. The van der Waals surface area contributed by atoms with Crippen LogP contribution in [-0.2, 0) is 11.3 Å². The minimum atomic E-state index is 0.650. The van der Waals surface area contributed by atoms with Gasteiger partial charge < -0.3 is 10.5 Å². The summed E-state index contributed by atoms with van der Waals surface area (Å²) < 4.78 is 6.42. The van der Waals surface area contributed by atoms with Gasteiger partial charge in [0.05, 0.1) is 6.61 Å². The Morgan fingerprint density at radius 2 is 2.21 bits per heavy atom. The highest BCUT2D eigenvalue weighted by Gasteiger charge is 1.97. The van der Waals surface area contributed by atoms with Gasteiger partial charge in [0.25, 0.3) is 0 Å². The molecule has 3 heteroatoms. The monoisotopic (exact) mass is 257 g/mol. The first kappa shape index (κ1) is 11.5. The highest BCUT2D eigenvalue weighted by molar-refractivity contribution is 9.10. The van der Waals surface area contributed by atoms with Crippen molar-refractivity contribution in [2.45, 2.75) is 26.4 Å². The molecule has 0 bridgehead atoms. The van der Waals surface area contributed by atoms with Crippen LogP contribution < -0.4 is 5.73 Å². The number of unbranched alkanes of at least 4 members (excludes halogenated alkanes) is 1. The lowest BCUT2D eigenvalue weighted by Gasteiger charge is -2.05. The van der Waals surface area contributed by atoms with Crippen molar-refractivity contribution in [3.63, 3.8) is 0 Å². The second-order valence-corrected chi connectivity index (χ2v) is 4.12. The van der Waals surface area contributed by atoms with Gasteiger partial charge in [-0.25, -0.2) is 0 Å². The number of ether oxygens (including phenoxy) is 1. The Bertz CT molecular complexity index is 289. The molecule has 1 rings (SSSR count). The Labute approximate surface area is 93.6 Å². The Kier molecular flexibility index (Phi) is 4.98. The van der Waals surface area contributed by atoms with Crippen LogP contribution in [0.5, 0.6) is 0 Å². The summed E-state index contributed by atoms with van der Waals surface area (Å²) in [6.07, 6.45) is 2.29. The van der Waals surface area contributed by atoms with Crippen molar-refractivity contribution in [2.75, 3.05) is 12.3 Å². The fourth-order valence-electron chi connectivity index (χ4n) is 1.12. The minimum absolute atomic E-state index is 0.650. The van der Waals surface area contributed by atoms with Crippen LogP contribution in [-0.4, -0.2) is 6.61 Å². The maximum absolute atomic E-state index is 5.75. The SMILES string of the molecule is CCCCOCc1ccc(Br)c(N)c1. The number of nitrogens with two attached hydrogens (primary N) is 1. The third-order valence-electron chi connectivity index (χ3n) is 1.97.